The molecule has 0 radical (unpaired) electrons. The lowest BCUT2D eigenvalue weighted by molar-refractivity contribution is 0.0945. The van der Waals surface area contributed by atoms with E-state index in [1.54, 1.807) is 24.4 Å². The number of aryl methyl sites for hydroxylation is 1. The van der Waals surface area contributed by atoms with Crippen molar-refractivity contribution in [1.29, 1.82) is 0 Å². The van der Waals surface area contributed by atoms with E-state index in [2.05, 4.69) is 10.3 Å². The number of nitrogens with one attached hydrogen (secondary N) is 1. The molecule has 1 heterocycles. The van der Waals surface area contributed by atoms with Gasteiger partial charge >= 0.3 is 0 Å². The minimum Gasteiger partial charge on any atom is -0.347 e. The first kappa shape index (κ1) is 12.2. The summed E-state index contributed by atoms with van der Waals surface area (Å²) in [6.07, 6.45) is 1.58. The maximum atomic E-state index is 12.7. The third-order valence-electron chi connectivity index (χ3n) is 2.59. The van der Waals surface area contributed by atoms with Crippen LogP contribution in [-0.2, 0) is 6.54 Å². The lowest BCUT2D eigenvalue weighted by atomic mass is 10.2. The van der Waals surface area contributed by atoms with Crippen molar-refractivity contribution in [2.75, 3.05) is 0 Å². The van der Waals surface area contributed by atoms with Gasteiger partial charge in [-0.3, -0.25) is 9.78 Å². The van der Waals surface area contributed by atoms with Crippen LogP contribution in [0, 0.1) is 12.7 Å². The van der Waals surface area contributed by atoms with Crippen molar-refractivity contribution < 1.29 is 9.18 Å². The molecule has 2 aromatic rings. The molecular formula is C14H13FN2O. The molecule has 0 aliphatic heterocycles. The molecule has 0 fully saturated rings. The van der Waals surface area contributed by atoms with Gasteiger partial charge in [-0.25, -0.2) is 4.39 Å². The first-order chi connectivity index (χ1) is 8.66. The molecule has 0 saturated carbocycles. The summed E-state index contributed by atoms with van der Waals surface area (Å²) >= 11 is 0. The van der Waals surface area contributed by atoms with Crippen LogP contribution in [0.1, 0.15) is 21.6 Å². The van der Waals surface area contributed by atoms with Crippen LogP contribution in [0.3, 0.4) is 0 Å². The topological polar surface area (TPSA) is 42.0 Å². The summed E-state index contributed by atoms with van der Waals surface area (Å²) in [5, 5.41) is 2.75. The number of rotatable bonds is 3. The number of nitrogens with zero attached hydrogens (tertiary/aromatic N) is 1. The molecule has 92 valence electrons. The van der Waals surface area contributed by atoms with Gasteiger partial charge in [0.15, 0.2) is 0 Å². The van der Waals surface area contributed by atoms with Crippen LogP contribution >= 0.6 is 0 Å². The fourth-order valence-corrected chi connectivity index (χ4v) is 1.59. The van der Waals surface area contributed by atoms with Crippen molar-refractivity contribution in [3.8, 4) is 0 Å². The summed E-state index contributed by atoms with van der Waals surface area (Å²) in [7, 11) is 0. The summed E-state index contributed by atoms with van der Waals surface area (Å²) in [5.41, 5.74) is 2.09. The Hall–Kier alpha value is -2.23. The maximum Gasteiger partial charge on any atom is 0.270 e. The molecule has 0 unspecified atom stereocenters. The molecule has 0 spiro atoms. The van der Waals surface area contributed by atoms with Crippen LogP contribution in [0.25, 0.3) is 0 Å². The van der Waals surface area contributed by atoms with Crippen LogP contribution in [0.15, 0.2) is 42.6 Å². The van der Waals surface area contributed by atoms with E-state index in [0.29, 0.717) is 12.2 Å². The summed E-state index contributed by atoms with van der Waals surface area (Å²) in [6, 6.07) is 9.63. The highest BCUT2D eigenvalue weighted by Crippen LogP contribution is 2.05. The molecule has 0 bridgehead atoms. The van der Waals surface area contributed by atoms with Crippen LogP contribution in [-0.4, -0.2) is 10.9 Å². The Morgan fingerprint density at radius 3 is 2.67 bits per heavy atom. The first-order valence-electron chi connectivity index (χ1n) is 5.61. The Kier molecular flexibility index (Phi) is 3.67. The Balaban J connectivity index is 2.01. The van der Waals surface area contributed by atoms with Crippen LogP contribution in [0.4, 0.5) is 4.39 Å². The summed E-state index contributed by atoms with van der Waals surface area (Å²) in [5.74, 6) is -0.511. The minimum absolute atomic E-state index is 0.225. The van der Waals surface area contributed by atoms with Crippen LogP contribution in [0.2, 0.25) is 0 Å². The zero-order chi connectivity index (χ0) is 13.0. The van der Waals surface area contributed by atoms with Crippen molar-refractivity contribution in [3.63, 3.8) is 0 Å². The molecule has 1 aromatic heterocycles. The molecule has 3 nitrogen and oxygen atoms in total. The molecule has 0 aliphatic rings. The smallest absolute Gasteiger partial charge is 0.270 e. The number of benzene rings is 1. The minimum atomic E-state index is -0.286. The van der Waals surface area contributed by atoms with Gasteiger partial charge in [-0.2, -0.15) is 0 Å². The standard InChI is InChI=1S/C14H13FN2O/c1-10-3-2-8-16-13(10)14(18)17-9-11-4-6-12(15)7-5-11/h2-8H,9H2,1H3,(H,17,18). The van der Waals surface area contributed by atoms with E-state index in [1.807, 2.05) is 13.0 Å². The molecule has 1 N–H and O–H groups in total. The number of hydrogen-bond donors (Lipinski definition) is 1. The number of carbonyl (C=O) groups excluding carboxylic acids is 1. The molecule has 18 heavy (non-hydrogen) atoms. The van der Waals surface area contributed by atoms with Crippen molar-refractivity contribution in [2.24, 2.45) is 0 Å². The predicted molar refractivity (Wildman–Crippen MR) is 66.5 cm³/mol. The van der Waals surface area contributed by atoms with Gasteiger partial charge in [0.2, 0.25) is 0 Å². The highest BCUT2D eigenvalue weighted by atomic mass is 19.1. The van der Waals surface area contributed by atoms with E-state index in [0.717, 1.165) is 11.1 Å². The number of carbonyl (C=O) groups is 1. The van der Waals surface area contributed by atoms with Crippen molar-refractivity contribution in [2.45, 2.75) is 13.5 Å². The van der Waals surface area contributed by atoms with E-state index in [1.165, 1.54) is 12.1 Å². The van der Waals surface area contributed by atoms with Gasteiger partial charge < -0.3 is 5.32 Å². The quantitative estimate of drug-likeness (QED) is 0.901. The van der Waals surface area contributed by atoms with Gasteiger partial charge in [-0.1, -0.05) is 18.2 Å². The van der Waals surface area contributed by atoms with Crippen molar-refractivity contribution in [1.82, 2.24) is 10.3 Å². The fraction of sp³-hybridized carbons (Fsp3) is 0.143. The molecular weight excluding hydrogens is 231 g/mol. The SMILES string of the molecule is Cc1cccnc1C(=O)NCc1ccc(F)cc1. The van der Waals surface area contributed by atoms with Crippen LogP contribution < -0.4 is 5.32 Å². The van der Waals surface area contributed by atoms with E-state index in [-0.39, 0.29) is 11.7 Å². The van der Waals surface area contributed by atoms with Gasteiger partial charge in [0.05, 0.1) is 0 Å². The molecule has 1 amide bonds. The number of pyridine rings is 1. The molecule has 0 aliphatic carbocycles. The average molecular weight is 244 g/mol. The highest BCUT2D eigenvalue weighted by molar-refractivity contribution is 5.93. The number of aromatic nitrogens is 1. The lowest BCUT2D eigenvalue weighted by Gasteiger charge is -2.06. The van der Waals surface area contributed by atoms with E-state index in [4.69, 9.17) is 0 Å². The largest absolute Gasteiger partial charge is 0.347 e. The number of halogens is 1. The van der Waals surface area contributed by atoms with Gasteiger partial charge in [-0.15, -0.1) is 0 Å². The van der Waals surface area contributed by atoms with Crippen LogP contribution in [0.5, 0.6) is 0 Å². The molecule has 2 rings (SSSR count). The zero-order valence-corrected chi connectivity index (χ0v) is 9.98. The normalized spacial score (nSPS) is 10.1. The summed E-state index contributed by atoms with van der Waals surface area (Å²) in [6.45, 7) is 2.19. The Labute approximate surface area is 105 Å². The van der Waals surface area contributed by atoms with E-state index in [9.17, 15) is 9.18 Å². The van der Waals surface area contributed by atoms with Gasteiger partial charge in [0, 0.05) is 12.7 Å². The molecule has 4 heteroatoms. The molecule has 0 saturated heterocycles. The van der Waals surface area contributed by atoms with Crippen molar-refractivity contribution in [3.05, 3.63) is 65.2 Å². The number of hydrogen-bond acceptors (Lipinski definition) is 2. The van der Waals surface area contributed by atoms with Crippen molar-refractivity contribution >= 4 is 5.91 Å². The second-order valence-electron chi connectivity index (χ2n) is 3.98. The summed E-state index contributed by atoms with van der Waals surface area (Å²) < 4.78 is 12.7. The monoisotopic (exact) mass is 244 g/mol. The van der Waals surface area contributed by atoms with E-state index >= 15 is 0 Å². The van der Waals surface area contributed by atoms with Gasteiger partial charge in [0.1, 0.15) is 11.5 Å². The third kappa shape index (κ3) is 2.91. The Morgan fingerprint density at radius 1 is 1.28 bits per heavy atom. The third-order valence-corrected chi connectivity index (χ3v) is 2.59. The highest BCUT2D eigenvalue weighted by Gasteiger charge is 2.09. The van der Waals surface area contributed by atoms with E-state index < -0.39 is 0 Å². The summed E-state index contributed by atoms with van der Waals surface area (Å²) in [4.78, 5) is 15.9. The lowest BCUT2D eigenvalue weighted by Crippen LogP contribution is -2.24. The maximum absolute atomic E-state index is 12.7. The molecule has 1 aromatic carbocycles. The van der Waals surface area contributed by atoms with Gasteiger partial charge in [0.25, 0.3) is 5.91 Å². The number of amides is 1. The Bertz CT molecular complexity index is 552. The predicted octanol–water partition coefficient (Wildman–Crippen LogP) is 2.46. The fourth-order valence-electron chi connectivity index (χ4n) is 1.59. The first-order valence-corrected chi connectivity index (χ1v) is 5.61. The second kappa shape index (κ2) is 5.40. The average Bonchev–Trinajstić information content (AvgIpc) is 2.38. The van der Waals surface area contributed by atoms with Gasteiger partial charge in [-0.05, 0) is 36.2 Å². The molecule has 0 atom stereocenters. The zero-order valence-electron chi connectivity index (χ0n) is 9.98. The second-order valence-corrected chi connectivity index (χ2v) is 3.98. The Morgan fingerprint density at radius 2 is 2.00 bits per heavy atom.